The summed E-state index contributed by atoms with van der Waals surface area (Å²) in [6.07, 6.45) is 9.07. The van der Waals surface area contributed by atoms with Gasteiger partial charge in [0.2, 0.25) is 5.91 Å². The monoisotopic (exact) mass is 329 g/mol. The molecule has 0 aliphatic carbocycles. The molecule has 0 aromatic carbocycles. The Labute approximate surface area is 143 Å². The molecule has 6 nitrogen and oxygen atoms in total. The van der Waals surface area contributed by atoms with Gasteiger partial charge in [0, 0.05) is 56.0 Å². The zero-order valence-electron chi connectivity index (χ0n) is 14.8. The number of carbonyl (C=O) groups is 1. The maximum atomic E-state index is 12.2. The van der Waals surface area contributed by atoms with Gasteiger partial charge < -0.3 is 9.88 Å². The number of rotatable bonds is 5. The lowest BCUT2D eigenvalue weighted by atomic mass is 9.93. The summed E-state index contributed by atoms with van der Waals surface area (Å²) in [5, 5.41) is 7.32. The van der Waals surface area contributed by atoms with E-state index in [1.54, 1.807) is 6.20 Å². The summed E-state index contributed by atoms with van der Waals surface area (Å²) < 4.78 is 4.07. The third-order valence-electron chi connectivity index (χ3n) is 4.48. The molecule has 0 unspecified atom stereocenters. The van der Waals surface area contributed by atoms with Gasteiger partial charge in [0.05, 0.1) is 5.69 Å². The van der Waals surface area contributed by atoms with Gasteiger partial charge in [-0.05, 0) is 18.9 Å². The molecular weight excluding hydrogens is 302 g/mol. The summed E-state index contributed by atoms with van der Waals surface area (Å²) in [5.41, 5.74) is 1.19. The minimum atomic E-state index is 0.0651. The smallest absolute Gasteiger partial charge is 0.220 e. The van der Waals surface area contributed by atoms with Crippen LogP contribution in [0.3, 0.4) is 0 Å². The van der Waals surface area contributed by atoms with E-state index in [9.17, 15) is 4.79 Å². The molecule has 0 fully saturated rings. The second-order valence-corrected chi connectivity index (χ2v) is 7.62. The second kappa shape index (κ2) is 6.79. The van der Waals surface area contributed by atoms with E-state index in [1.165, 1.54) is 0 Å². The number of hydrogen-bond acceptors (Lipinski definition) is 3. The van der Waals surface area contributed by atoms with Gasteiger partial charge in [0.15, 0.2) is 0 Å². The largest absolute Gasteiger partial charge is 0.352 e. The van der Waals surface area contributed by atoms with E-state index in [0.29, 0.717) is 6.42 Å². The summed E-state index contributed by atoms with van der Waals surface area (Å²) in [5.74, 6) is 1.27. The SMILES string of the molecule is CC(C)(C)c1cn2c(n1)CC[C@@H](NC(=O)CCCn1cccn1)C2. The third kappa shape index (κ3) is 4.04. The molecule has 6 heteroatoms. The Morgan fingerprint density at radius 1 is 1.42 bits per heavy atom. The lowest BCUT2D eigenvalue weighted by Gasteiger charge is -2.24. The molecule has 130 valence electrons. The maximum absolute atomic E-state index is 12.2. The number of nitrogens with zero attached hydrogens (tertiary/aromatic N) is 4. The highest BCUT2D eigenvalue weighted by Gasteiger charge is 2.25. The topological polar surface area (TPSA) is 64.7 Å². The summed E-state index contributed by atoms with van der Waals surface area (Å²) >= 11 is 0. The lowest BCUT2D eigenvalue weighted by molar-refractivity contribution is -0.122. The Hall–Kier alpha value is -2.11. The zero-order valence-corrected chi connectivity index (χ0v) is 14.8. The van der Waals surface area contributed by atoms with Gasteiger partial charge in [-0.2, -0.15) is 5.10 Å². The summed E-state index contributed by atoms with van der Waals surface area (Å²) in [6, 6.07) is 2.10. The average Bonchev–Trinajstić information content (AvgIpc) is 3.15. The van der Waals surface area contributed by atoms with Crippen molar-refractivity contribution in [2.45, 2.75) is 71.0 Å². The Balaban J connectivity index is 1.48. The van der Waals surface area contributed by atoms with Gasteiger partial charge in [-0.25, -0.2) is 4.98 Å². The predicted molar refractivity (Wildman–Crippen MR) is 92.6 cm³/mol. The van der Waals surface area contributed by atoms with Crippen LogP contribution in [-0.2, 0) is 29.7 Å². The first-order valence-electron chi connectivity index (χ1n) is 8.75. The highest BCUT2D eigenvalue weighted by Crippen LogP contribution is 2.24. The Morgan fingerprint density at radius 2 is 2.25 bits per heavy atom. The first-order valence-corrected chi connectivity index (χ1v) is 8.75. The van der Waals surface area contributed by atoms with Crippen molar-refractivity contribution in [2.75, 3.05) is 0 Å². The molecule has 1 atom stereocenters. The molecule has 0 spiro atoms. The number of fused-ring (bicyclic) bond motifs is 1. The number of amides is 1. The third-order valence-corrected chi connectivity index (χ3v) is 4.48. The van der Waals surface area contributed by atoms with E-state index >= 15 is 0 Å². The van der Waals surface area contributed by atoms with Crippen molar-refractivity contribution in [3.05, 3.63) is 36.2 Å². The summed E-state index contributed by atoms with van der Waals surface area (Å²) in [4.78, 5) is 16.9. The number of aromatic nitrogens is 4. The second-order valence-electron chi connectivity index (χ2n) is 7.62. The standard InChI is InChI=1S/C18H27N5O/c1-18(2,3)15-13-22-12-14(7-8-16(22)21-15)20-17(24)6-4-10-23-11-5-9-19-23/h5,9,11,13-14H,4,6-8,10,12H2,1-3H3,(H,20,24)/t14-/m1/s1. The predicted octanol–water partition coefficient (Wildman–Crippen LogP) is 2.29. The molecule has 0 saturated heterocycles. The van der Waals surface area contributed by atoms with Gasteiger partial charge in [0.25, 0.3) is 0 Å². The van der Waals surface area contributed by atoms with E-state index in [4.69, 9.17) is 4.98 Å². The number of carbonyl (C=O) groups excluding carboxylic acids is 1. The van der Waals surface area contributed by atoms with Crippen LogP contribution in [0.4, 0.5) is 0 Å². The normalized spacial score (nSPS) is 17.5. The number of imidazole rings is 1. The van der Waals surface area contributed by atoms with E-state index < -0.39 is 0 Å². The van der Waals surface area contributed by atoms with Crippen molar-refractivity contribution in [2.24, 2.45) is 0 Å². The van der Waals surface area contributed by atoms with Crippen molar-refractivity contribution in [3.63, 3.8) is 0 Å². The molecule has 1 N–H and O–H groups in total. The van der Waals surface area contributed by atoms with Gasteiger partial charge in [0.1, 0.15) is 5.82 Å². The number of nitrogens with one attached hydrogen (secondary N) is 1. The fourth-order valence-corrected chi connectivity index (χ4v) is 3.06. The first kappa shape index (κ1) is 16.7. The minimum Gasteiger partial charge on any atom is -0.352 e. The molecule has 0 bridgehead atoms. The minimum absolute atomic E-state index is 0.0651. The van der Waals surface area contributed by atoms with Crippen LogP contribution < -0.4 is 5.32 Å². The van der Waals surface area contributed by atoms with E-state index in [1.807, 2.05) is 16.9 Å². The zero-order chi connectivity index (χ0) is 17.2. The van der Waals surface area contributed by atoms with Crippen molar-refractivity contribution in [3.8, 4) is 0 Å². The number of hydrogen-bond donors (Lipinski definition) is 1. The highest BCUT2D eigenvalue weighted by molar-refractivity contribution is 5.76. The Morgan fingerprint density at radius 3 is 2.96 bits per heavy atom. The van der Waals surface area contributed by atoms with Gasteiger partial charge in [-0.15, -0.1) is 0 Å². The summed E-state index contributed by atoms with van der Waals surface area (Å²) in [6.45, 7) is 8.15. The van der Waals surface area contributed by atoms with Crippen molar-refractivity contribution in [1.29, 1.82) is 0 Å². The molecular formula is C18H27N5O. The van der Waals surface area contributed by atoms with E-state index in [0.717, 1.165) is 43.9 Å². The molecule has 1 amide bonds. The Kier molecular flexibility index (Phi) is 4.73. The highest BCUT2D eigenvalue weighted by atomic mass is 16.1. The number of aryl methyl sites for hydroxylation is 2. The van der Waals surface area contributed by atoms with Crippen LogP contribution in [0.15, 0.2) is 24.7 Å². The molecule has 3 rings (SSSR count). The van der Waals surface area contributed by atoms with E-state index in [-0.39, 0.29) is 17.4 Å². The van der Waals surface area contributed by atoms with Crippen molar-refractivity contribution < 1.29 is 4.79 Å². The fraction of sp³-hybridized carbons (Fsp3) is 0.611. The molecule has 24 heavy (non-hydrogen) atoms. The first-order chi connectivity index (χ1) is 11.4. The quantitative estimate of drug-likeness (QED) is 0.915. The van der Waals surface area contributed by atoms with Crippen molar-refractivity contribution >= 4 is 5.91 Å². The summed E-state index contributed by atoms with van der Waals surface area (Å²) in [7, 11) is 0. The van der Waals surface area contributed by atoms with Gasteiger partial charge in [-0.1, -0.05) is 20.8 Å². The lowest BCUT2D eigenvalue weighted by Crippen LogP contribution is -2.40. The molecule has 1 aliphatic rings. The Bertz CT molecular complexity index is 681. The molecule has 1 aliphatic heterocycles. The van der Waals surface area contributed by atoms with Crippen LogP contribution in [0.5, 0.6) is 0 Å². The van der Waals surface area contributed by atoms with Crippen LogP contribution in [-0.4, -0.2) is 31.3 Å². The van der Waals surface area contributed by atoms with Crippen LogP contribution in [0.1, 0.15) is 51.6 Å². The van der Waals surface area contributed by atoms with Gasteiger partial charge >= 0.3 is 0 Å². The van der Waals surface area contributed by atoms with Crippen LogP contribution >= 0.6 is 0 Å². The van der Waals surface area contributed by atoms with E-state index in [2.05, 4.69) is 42.0 Å². The molecule has 2 aromatic rings. The van der Waals surface area contributed by atoms with Crippen LogP contribution in [0.2, 0.25) is 0 Å². The fourth-order valence-electron chi connectivity index (χ4n) is 3.06. The van der Waals surface area contributed by atoms with Crippen LogP contribution in [0, 0.1) is 0 Å². The molecule has 2 aromatic heterocycles. The maximum Gasteiger partial charge on any atom is 0.220 e. The van der Waals surface area contributed by atoms with Crippen molar-refractivity contribution in [1.82, 2.24) is 24.6 Å². The van der Waals surface area contributed by atoms with Gasteiger partial charge in [-0.3, -0.25) is 9.48 Å². The molecule has 0 saturated carbocycles. The van der Waals surface area contributed by atoms with Crippen LogP contribution in [0.25, 0.3) is 0 Å². The average molecular weight is 329 g/mol. The molecule has 0 radical (unpaired) electrons. The molecule has 3 heterocycles.